The Labute approximate surface area is 135 Å². The molecular formula is C17H23NO5. The zero-order valence-electron chi connectivity index (χ0n) is 13.3. The molecular weight excluding hydrogens is 298 g/mol. The minimum absolute atomic E-state index is 0.259. The van der Waals surface area contributed by atoms with E-state index in [0.29, 0.717) is 37.4 Å². The monoisotopic (exact) mass is 321 g/mol. The van der Waals surface area contributed by atoms with Crippen LogP contribution in [-0.2, 0) is 9.53 Å². The van der Waals surface area contributed by atoms with E-state index in [1.807, 2.05) is 0 Å². The largest absolute Gasteiger partial charge is 0.493 e. The van der Waals surface area contributed by atoms with Gasteiger partial charge in [-0.2, -0.15) is 0 Å². The highest BCUT2D eigenvalue weighted by Gasteiger charge is 2.34. The number of methoxy groups -OCH3 is 1. The van der Waals surface area contributed by atoms with Gasteiger partial charge in [0.05, 0.1) is 12.5 Å². The number of carboxylic acid groups (broad SMARTS) is 1. The van der Waals surface area contributed by atoms with Crippen molar-refractivity contribution in [3.8, 4) is 5.75 Å². The van der Waals surface area contributed by atoms with E-state index in [9.17, 15) is 14.7 Å². The molecule has 23 heavy (non-hydrogen) atoms. The molecule has 1 aliphatic carbocycles. The van der Waals surface area contributed by atoms with Crippen LogP contribution in [0.25, 0.3) is 0 Å². The summed E-state index contributed by atoms with van der Waals surface area (Å²) in [4.78, 5) is 23.5. The summed E-state index contributed by atoms with van der Waals surface area (Å²) in [6.07, 6.45) is 2.92. The fourth-order valence-electron chi connectivity index (χ4n) is 2.80. The minimum Gasteiger partial charge on any atom is -0.493 e. The molecule has 0 heterocycles. The first-order chi connectivity index (χ1) is 11.1. The van der Waals surface area contributed by atoms with E-state index < -0.39 is 11.9 Å². The van der Waals surface area contributed by atoms with Crippen LogP contribution in [-0.4, -0.2) is 43.3 Å². The Morgan fingerprint density at radius 2 is 2.13 bits per heavy atom. The van der Waals surface area contributed by atoms with Gasteiger partial charge in [-0.1, -0.05) is 12.5 Å². The van der Waals surface area contributed by atoms with Gasteiger partial charge in [0.25, 0.3) is 5.91 Å². The maximum absolute atomic E-state index is 12.3. The first-order valence-electron chi connectivity index (χ1n) is 7.87. The fraction of sp³-hybridized carbons (Fsp3) is 0.529. The van der Waals surface area contributed by atoms with Crippen molar-refractivity contribution in [2.24, 2.45) is 5.92 Å². The second-order valence-corrected chi connectivity index (χ2v) is 5.68. The Balaban J connectivity index is 1.92. The Morgan fingerprint density at radius 1 is 1.30 bits per heavy atom. The van der Waals surface area contributed by atoms with Crippen molar-refractivity contribution in [2.75, 3.05) is 20.3 Å². The molecule has 2 rings (SSSR count). The smallest absolute Gasteiger partial charge is 0.308 e. The SMILES string of the molecule is COCCCOc1cccc(C(=O)N[C@@H]2CCC[C@@H]2C(=O)O)c1. The van der Waals surface area contributed by atoms with Gasteiger partial charge in [0.15, 0.2) is 0 Å². The molecule has 2 N–H and O–H groups in total. The van der Waals surface area contributed by atoms with Crippen LogP contribution in [0, 0.1) is 5.92 Å². The van der Waals surface area contributed by atoms with Gasteiger partial charge in [-0.15, -0.1) is 0 Å². The average molecular weight is 321 g/mol. The highest BCUT2D eigenvalue weighted by atomic mass is 16.5. The number of amides is 1. The summed E-state index contributed by atoms with van der Waals surface area (Å²) in [5, 5.41) is 12.0. The van der Waals surface area contributed by atoms with E-state index in [1.54, 1.807) is 31.4 Å². The first-order valence-corrected chi connectivity index (χ1v) is 7.87. The lowest BCUT2D eigenvalue weighted by atomic mass is 10.0. The van der Waals surface area contributed by atoms with Gasteiger partial charge in [0, 0.05) is 31.7 Å². The molecule has 0 bridgehead atoms. The molecule has 2 atom stereocenters. The molecule has 1 amide bonds. The minimum atomic E-state index is -0.844. The molecule has 0 aliphatic heterocycles. The van der Waals surface area contributed by atoms with Crippen LogP contribution in [0.4, 0.5) is 0 Å². The van der Waals surface area contributed by atoms with Crippen LogP contribution in [0.2, 0.25) is 0 Å². The normalized spacial score (nSPS) is 20.2. The second kappa shape index (κ2) is 8.53. The van der Waals surface area contributed by atoms with E-state index in [2.05, 4.69) is 5.32 Å². The standard InChI is InChI=1S/C17H23NO5/c1-22-9-4-10-23-13-6-2-5-12(11-13)16(19)18-15-8-3-7-14(15)17(20)21/h2,5-6,11,14-15H,3-4,7-10H2,1H3,(H,18,19)(H,20,21)/t14-,15+/m0/s1. The maximum Gasteiger partial charge on any atom is 0.308 e. The van der Waals surface area contributed by atoms with E-state index >= 15 is 0 Å². The predicted molar refractivity (Wildman–Crippen MR) is 84.7 cm³/mol. The maximum atomic E-state index is 12.3. The summed E-state index contributed by atoms with van der Waals surface area (Å²) in [5.41, 5.74) is 0.477. The van der Waals surface area contributed by atoms with Gasteiger partial charge in [-0.3, -0.25) is 9.59 Å². The first kappa shape index (κ1) is 17.3. The van der Waals surface area contributed by atoms with E-state index in [0.717, 1.165) is 12.8 Å². The van der Waals surface area contributed by atoms with Crippen LogP contribution in [0.15, 0.2) is 24.3 Å². The third-order valence-electron chi connectivity index (χ3n) is 4.01. The van der Waals surface area contributed by atoms with Gasteiger partial charge >= 0.3 is 5.97 Å². The summed E-state index contributed by atoms with van der Waals surface area (Å²) in [5.74, 6) is -0.976. The molecule has 0 radical (unpaired) electrons. The second-order valence-electron chi connectivity index (χ2n) is 5.68. The van der Waals surface area contributed by atoms with E-state index in [-0.39, 0.29) is 11.9 Å². The van der Waals surface area contributed by atoms with Gasteiger partial charge in [0.1, 0.15) is 5.75 Å². The van der Waals surface area contributed by atoms with Crippen molar-refractivity contribution in [3.05, 3.63) is 29.8 Å². The molecule has 126 valence electrons. The average Bonchev–Trinajstić information content (AvgIpc) is 3.00. The third-order valence-corrected chi connectivity index (χ3v) is 4.01. The highest BCUT2D eigenvalue weighted by Crippen LogP contribution is 2.26. The molecule has 6 heteroatoms. The molecule has 0 unspecified atom stereocenters. The zero-order valence-corrected chi connectivity index (χ0v) is 13.3. The van der Waals surface area contributed by atoms with E-state index in [1.165, 1.54) is 0 Å². The number of ether oxygens (including phenoxy) is 2. The van der Waals surface area contributed by atoms with Crippen LogP contribution in [0.5, 0.6) is 5.75 Å². The number of carbonyl (C=O) groups is 2. The predicted octanol–water partition coefficient (Wildman–Crippen LogP) is 2.08. The molecule has 0 spiro atoms. The lowest BCUT2D eigenvalue weighted by Gasteiger charge is -2.17. The molecule has 0 saturated heterocycles. The Kier molecular flexibility index (Phi) is 6.40. The van der Waals surface area contributed by atoms with Gasteiger partial charge < -0.3 is 19.9 Å². The number of aliphatic carboxylic acids is 1. The van der Waals surface area contributed by atoms with E-state index in [4.69, 9.17) is 9.47 Å². The lowest BCUT2D eigenvalue weighted by Crippen LogP contribution is -2.40. The quantitative estimate of drug-likeness (QED) is 0.716. The lowest BCUT2D eigenvalue weighted by molar-refractivity contribution is -0.142. The van der Waals surface area contributed by atoms with Crippen LogP contribution < -0.4 is 10.1 Å². The number of nitrogens with one attached hydrogen (secondary N) is 1. The van der Waals surface area contributed by atoms with Crippen molar-refractivity contribution < 1.29 is 24.2 Å². The van der Waals surface area contributed by atoms with Gasteiger partial charge in [0.2, 0.25) is 0 Å². The number of rotatable bonds is 8. The Morgan fingerprint density at radius 3 is 2.87 bits per heavy atom. The Bertz CT molecular complexity index is 546. The molecule has 1 fully saturated rings. The van der Waals surface area contributed by atoms with Crippen LogP contribution in [0.1, 0.15) is 36.0 Å². The van der Waals surface area contributed by atoms with Gasteiger partial charge in [-0.25, -0.2) is 0 Å². The number of hydrogen-bond donors (Lipinski definition) is 2. The Hall–Kier alpha value is -2.08. The summed E-state index contributed by atoms with van der Waals surface area (Å²) in [6, 6.07) is 6.61. The molecule has 1 saturated carbocycles. The summed E-state index contributed by atoms with van der Waals surface area (Å²) >= 11 is 0. The number of carbonyl (C=O) groups excluding carboxylic acids is 1. The number of hydrogen-bond acceptors (Lipinski definition) is 4. The number of carboxylic acids is 1. The summed E-state index contributed by atoms with van der Waals surface area (Å²) in [6.45, 7) is 1.14. The van der Waals surface area contributed by atoms with Crippen molar-refractivity contribution in [2.45, 2.75) is 31.7 Å². The van der Waals surface area contributed by atoms with Crippen LogP contribution >= 0.6 is 0 Å². The molecule has 0 aromatic heterocycles. The van der Waals surface area contributed by atoms with Crippen molar-refractivity contribution in [1.29, 1.82) is 0 Å². The topological polar surface area (TPSA) is 84.9 Å². The molecule has 1 aliphatic rings. The summed E-state index contributed by atoms with van der Waals surface area (Å²) in [7, 11) is 1.64. The third kappa shape index (κ3) is 4.96. The molecule has 6 nitrogen and oxygen atoms in total. The number of benzene rings is 1. The van der Waals surface area contributed by atoms with Crippen molar-refractivity contribution in [1.82, 2.24) is 5.32 Å². The van der Waals surface area contributed by atoms with Crippen molar-refractivity contribution >= 4 is 11.9 Å². The van der Waals surface area contributed by atoms with Gasteiger partial charge in [-0.05, 0) is 31.0 Å². The zero-order chi connectivity index (χ0) is 16.7. The summed E-state index contributed by atoms with van der Waals surface area (Å²) < 4.78 is 10.5. The highest BCUT2D eigenvalue weighted by molar-refractivity contribution is 5.95. The molecule has 1 aromatic rings. The van der Waals surface area contributed by atoms with Crippen LogP contribution in [0.3, 0.4) is 0 Å². The fourth-order valence-corrected chi connectivity index (χ4v) is 2.80. The van der Waals surface area contributed by atoms with Crippen molar-refractivity contribution in [3.63, 3.8) is 0 Å². The molecule has 1 aromatic carbocycles.